The molecule has 258 valence electrons. The summed E-state index contributed by atoms with van der Waals surface area (Å²) in [4.78, 5) is 12.5. The van der Waals surface area contributed by atoms with Gasteiger partial charge in [0.1, 0.15) is 0 Å². The van der Waals surface area contributed by atoms with Crippen LogP contribution in [0.2, 0.25) is 0 Å². The maximum atomic E-state index is 12.5. The highest BCUT2D eigenvalue weighted by Crippen LogP contribution is 2.16. The molecule has 0 aromatic rings. The van der Waals surface area contributed by atoms with Crippen molar-refractivity contribution in [3.8, 4) is 0 Å². The van der Waals surface area contributed by atoms with Gasteiger partial charge in [-0.3, -0.25) is 4.79 Å². The van der Waals surface area contributed by atoms with Gasteiger partial charge in [-0.25, -0.2) is 0 Å². The zero-order valence-electron chi connectivity index (χ0n) is 29.4. The molecule has 0 aliphatic rings. The molecule has 1 unspecified atom stereocenters. The summed E-state index contributed by atoms with van der Waals surface area (Å²) in [5, 5.41) is 9.79. The molecule has 5 nitrogen and oxygen atoms in total. The normalized spacial score (nSPS) is 12.3. The first-order valence-electron chi connectivity index (χ1n) is 19.2. The molecule has 0 amide bonds. The van der Waals surface area contributed by atoms with E-state index in [0.717, 1.165) is 25.7 Å². The number of hydrogen-bond donors (Lipinski definition) is 1. The average Bonchev–Trinajstić information content (AvgIpc) is 3.02. The lowest BCUT2D eigenvalue weighted by Crippen LogP contribution is -2.22. The number of hydrogen-bond acceptors (Lipinski definition) is 5. The van der Waals surface area contributed by atoms with Crippen LogP contribution in [0.5, 0.6) is 0 Å². The molecule has 0 saturated carbocycles. The lowest BCUT2D eigenvalue weighted by atomic mass is 10.0. The zero-order chi connectivity index (χ0) is 31.5. The summed E-state index contributed by atoms with van der Waals surface area (Å²) >= 11 is 0. The van der Waals surface area contributed by atoms with Gasteiger partial charge in [0.15, 0.2) is 6.29 Å². The molecule has 1 atom stereocenters. The molecule has 0 saturated heterocycles. The van der Waals surface area contributed by atoms with Crippen LogP contribution in [0, 0.1) is 5.92 Å². The van der Waals surface area contributed by atoms with Crippen LogP contribution < -0.4 is 0 Å². The number of ether oxygens (including phenoxy) is 3. The van der Waals surface area contributed by atoms with Crippen molar-refractivity contribution < 1.29 is 24.1 Å². The van der Waals surface area contributed by atoms with Gasteiger partial charge in [0.05, 0.1) is 13.0 Å². The summed E-state index contributed by atoms with van der Waals surface area (Å²) in [7, 11) is 0. The van der Waals surface area contributed by atoms with E-state index in [0.29, 0.717) is 32.7 Å². The molecular weight excluding hydrogens is 536 g/mol. The van der Waals surface area contributed by atoms with Crippen molar-refractivity contribution in [3.63, 3.8) is 0 Å². The molecule has 0 aliphatic carbocycles. The maximum absolute atomic E-state index is 12.5. The molecule has 0 heterocycles. The van der Waals surface area contributed by atoms with E-state index in [1.165, 1.54) is 141 Å². The van der Waals surface area contributed by atoms with Gasteiger partial charge in [0.25, 0.3) is 0 Å². The summed E-state index contributed by atoms with van der Waals surface area (Å²) in [5.41, 5.74) is 0. The van der Waals surface area contributed by atoms with E-state index in [1.54, 1.807) is 0 Å². The van der Waals surface area contributed by atoms with Gasteiger partial charge in [-0.1, -0.05) is 168 Å². The molecule has 0 aromatic carbocycles. The highest BCUT2D eigenvalue weighted by molar-refractivity contribution is 5.69. The monoisotopic (exact) mass is 613 g/mol. The van der Waals surface area contributed by atoms with Crippen LogP contribution >= 0.6 is 0 Å². The largest absolute Gasteiger partial charge is 0.465 e. The fourth-order valence-corrected chi connectivity index (χ4v) is 5.61. The van der Waals surface area contributed by atoms with Crippen molar-refractivity contribution in [1.82, 2.24) is 0 Å². The topological polar surface area (TPSA) is 65.0 Å². The van der Waals surface area contributed by atoms with E-state index in [9.17, 15) is 9.90 Å². The van der Waals surface area contributed by atoms with Gasteiger partial charge in [-0.05, 0) is 19.3 Å². The van der Waals surface area contributed by atoms with Crippen molar-refractivity contribution in [2.24, 2.45) is 5.92 Å². The predicted octanol–water partition coefficient (Wildman–Crippen LogP) is 11.5. The number of aliphatic hydroxyl groups excluding tert-OH is 1. The Hall–Kier alpha value is -0.650. The molecule has 1 N–H and O–H groups in total. The molecule has 5 heteroatoms. The Morgan fingerprint density at radius 1 is 0.512 bits per heavy atom. The third-order valence-corrected chi connectivity index (χ3v) is 8.64. The first kappa shape index (κ1) is 42.3. The Balaban J connectivity index is 4.04. The summed E-state index contributed by atoms with van der Waals surface area (Å²) in [6, 6.07) is 0. The van der Waals surface area contributed by atoms with E-state index < -0.39 is 0 Å². The van der Waals surface area contributed by atoms with Gasteiger partial charge in [-0.2, -0.15) is 0 Å². The van der Waals surface area contributed by atoms with Crippen molar-refractivity contribution in [2.45, 2.75) is 207 Å². The zero-order valence-corrected chi connectivity index (χ0v) is 29.4. The molecule has 0 radical (unpaired) electrons. The van der Waals surface area contributed by atoms with Crippen LogP contribution in [0.4, 0.5) is 0 Å². The maximum Gasteiger partial charge on any atom is 0.305 e. The van der Waals surface area contributed by atoms with Crippen molar-refractivity contribution in [3.05, 3.63) is 0 Å². The fourth-order valence-electron chi connectivity index (χ4n) is 5.61. The minimum absolute atomic E-state index is 0.0420. The number of rotatable bonds is 36. The van der Waals surface area contributed by atoms with Crippen LogP contribution in [-0.2, 0) is 19.0 Å². The standard InChI is InChI=1S/C38H76O5/c1-4-7-10-13-16-17-18-19-20-21-22-23-26-29-36(34-39)35-43-37(40)30-31-38(41-32-27-24-14-11-8-5-2)42-33-28-25-15-12-9-6-3/h36,38-39H,4-35H2,1-3H3. The second-order valence-corrected chi connectivity index (χ2v) is 13.0. The molecular formula is C38H76O5. The fraction of sp³-hybridized carbons (Fsp3) is 0.974. The second-order valence-electron chi connectivity index (χ2n) is 13.0. The van der Waals surface area contributed by atoms with E-state index in [2.05, 4.69) is 20.8 Å². The highest BCUT2D eigenvalue weighted by Gasteiger charge is 2.15. The van der Waals surface area contributed by atoms with Crippen molar-refractivity contribution in [2.75, 3.05) is 26.4 Å². The SMILES string of the molecule is CCCCCCCCCCCCCCCC(CO)COC(=O)CCC(OCCCCCCCC)OCCCCCCCC. The number of carbonyl (C=O) groups is 1. The van der Waals surface area contributed by atoms with E-state index in [1.807, 2.05) is 0 Å². The van der Waals surface area contributed by atoms with Crippen LogP contribution in [0.25, 0.3) is 0 Å². The third-order valence-electron chi connectivity index (χ3n) is 8.64. The first-order valence-corrected chi connectivity index (χ1v) is 19.2. The number of unbranched alkanes of at least 4 members (excludes halogenated alkanes) is 22. The number of carbonyl (C=O) groups excluding carboxylic acids is 1. The number of aliphatic hydroxyl groups is 1. The summed E-state index contributed by atoms with van der Waals surface area (Å²) in [6.45, 7) is 8.53. The first-order chi connectivity index (χ1) is 21.2. The quantitative estimate of drug-likeness (QED) is 0.0433. The molecule has 0 rings (SSSR count). The lowest BCUT2D eigenvalue weighted by Gasteiger charge is -2.19. The lowest BCUT2D eigenvalue weighted by molar-refractivity contribution is -0.160. The van der Waals surface area contributed by atoms with Gasteiger partial charge >= 0.3 is 5.97 Å². The Bertz CT molecular complexity index is 522. The summed E-state index contributed by atoms with van der Waals surface area (Å²) < 4.78 is 17.7. The Morgan fingerprint density at radius 2 is 0.884 bits per heavy atom. The number of esters is 1. The molecule has 43 heavy (non-hydrogen) atoms. The van der Waals surface area contributed by atoms with Crippen LogP contribution in [0.3, 0.4) is 0 Å². The average molecular weight is 613 g/mol. The molecule has 0 aliphatic heterocycles. The van der Waals surface area contributed by atoms with Crippen LogP contribution in [0.1, 0.15) is 201 Å². The van der Waals surface area contributed by atoms with E-state index >= 15 is 0 Å². The Kier molecular flexibility index (Phi) is 35.3. The van der Waals surface area contributed by atoms with Crippen molar-refractivity contribution in [1.29, 1.82) is 0 Å². The van der Waals surface area contributed by atoms with Gasteiger partial charge in [0.2, 0.25) is 0 Å². The summed E-state index contributed by atoms with van der Waals surface area (Å²) in [6.07, 6.45) is 33.5. The molecule has 0 aromatic heterocycles. The molecule has 0 spiro atoms. The summed E-state index contributed by atoms with van der Waals surface area (Å²) in [5.74, 6) is -0.166. The Morgan fingerprint density at radius 3 is 1.28 bits per heavy atom. The predicted molar refractivity (Wildman–Crippen MR) is 184 cm³/mol. The van der Waals surface area contributed by atoms with Crippen LogP contribution in [-0.4, -0.2) is 43.8 Å². The van der Waals surface area contributed by atoms with E-state index in [-0.39, 0.29) is 24.8 Å². The minimum Gasteiger partial charge on any atom is -0.465 e. The third kappa shape index (κ3) is 32.6. The van der Waals surface area contributed by atoms with Gasteiger partial charge in [-0.15, -0.1) is 0 Å². The van der Waals surface area contributed by atoms with Crippen molar-refractivity contribution >= 4 is 5.97 Å². The second kappa shape index (κ2) is 35.8. The van der Waals surface area contributed by atoms with E-state index in [4.69, 9.17) is 14.2 Å². The minimum atomic E-state index is -0.335. The smallest absolute Gasteiger partial charge is 0.305 e. The highest BCUT2D eigenvalue weighted by atomic mass is 16.7. The van der Waals surface area contributed by atoms with Gasteiger partial charge < -0.3 is 19.3 Å². The molecule has 0 bridgehead atoms. The molecule has 0 fully saturated rings. The van der Waals surface area contributed by atoms with Crippen LogP contribution in [0.15, 0.2) is 0 Å². The van der Waals surface area contributed by atoms with Gasteiger partial charge in [0, 0.05) is 32.2 Å². The Labute approximate surface area is 269 Å².